The van der Waals surface area contributed by atoms with E-state index in [-0.39, 0.29) is 17.7 Å². The third-order valence-corrected chi connectivity index (χ3v) is 6.39. The van der Waals surface area contributed by atoms with Gasteiger partial charge in [0.1, 0.15) is 0 Å². The molecule has 1 aliphatic rings. The van der Waals surface area contributed by atoms with Gasteiger partial charge in [-0.1, -0.05) is 36.4 Å². The number of H-pyrrole nitrogens is 1. The van der Waals surface area contributed by atoms with Gasteiger partial charge in [-0.3, -0.25) is 19.7 Å². The number of aromatic amines is 1. The third kappa shape index (κ3) is 4.09. The first-order chi connectivity index (χ1) is 16.1. The Labute approximate surface area is 191 Å². The second-order valence-electron chi connectivity index (χ2n) is 8.39. The lowest BCUT2D eigenvalue weighted by atomic mass is 9.94. The molecule has 0 unspecified atom stereocenters. The van der Waals surface area contributed by atoms with Crippen molar-refractivity contribution in [3.63, 3.8) is 0 Å². The minimum Gasteiger partial charge on any atom is -0.339 e. The number of hydrogen-bond acceptors (Lipinski definition) is 4. The van der Waals surface area contributed by atoms with Crippen LogP contribution in [0.2, 0.25) is 0 Å². The number of anilines is 1. The van der Waals surface area contributed by atoms with Crippen molar-refractivity contribution in [1.82, 2.24) is 20.1 Å². The van der Waals surface area contributed by atoms with Crippen molar-refractivity contribution in [2.45, 2.75) is 19.8 Å². The van der Waals surface area contributed by atoms with Crippen LogP contribution in [0.3, 0.4) is 0 Å². The molecule has 2 aromatic carbocycles. The lowest BCUT2D eigenvalue weighted by Crippen LogP contribution is -2.41. The predicted octanol–water partition coefficient (Wildman–Crippen LogP) is 4.42. The molecule has 2 aromatic heterocycles. The van der Waals surface area contributed by atoms with E-state index in [1.54, 1.807) is 12.4 Å². The van der Waals surface area contributed by atoms with Gasteiger partial charge >= 0.3 is 0 Å². The van der Waals surface area contributed by atoms with Crippen LogP contribution in [0.4, 0.5) is 5.82 Å². The summed E-state index contributed by atoms with van der Waals surface area (Å²) in [6.07, 6.45) is 4.70. The summed E-state index contributed by atoms with van der Waals surface area (Å²) in [6.45, 7) is 3.05. The number of nitrogens with one attached hydrogen (secondary N) is 2. The highest BCUT2D eigenvalue weighted by atomic mass is 16.2. The predicted molar refractivity (Wildman–Crippen MR) is 128 cm³/mol. The maximum atomic E-state index is 13.2. The van der Waals surface area contributed by atoms with E-state index in [4.69, 9.17) is 0 Å². The normalized spacial score (nSPS) is 14.4. The first kappa shape index (κ1) is 20.9. The Kier molecular flexibility index (Phi) is 5.60. The van der Waals surface area contributed by atoms with E-state index < -0.39 is 0 Å². The number of fused-ring (bicyclic) bond motifs is 1. The Balaban J connectivity index is 1.23. The van der Waals surface area contributed by atoms with E-state index in [0.717, 1.165) is 27.6 Å². The molecular formula is C26H25N5O2. The van der Waals surface area contributed by atoms with E-state index in [0.29, 0.717) is 37.3 Å². The zero-order valence-electron chi connectivity index (χ0n) is 18.4. The van der Waals surface area contributed by atoms with Gasteiger partial charge in [-0.05, 0) is 48.7 Å². The Morgan fingerprint density at radius 2 is 1.73 bits per heavy atom. The summed E-state index contributed by atoms with van der Waals surface area (Å²) >= 11 is 0. The Bertz CT molecular complexity index is 1300. The molecule has 7 nitrogen and oxygen atoms in total. The van der Waals surface area contributed by atoms with Crippen LogP contribution in [0.15, 0.2) is 67.0 Å². The van der Waals surface area contributed by atoms with Crippen molar-refractivity contribution in [2.75, 3.05) is 18.4 Å². The van der Waals surface area contributed by atoms with E-state index in [9.17, 15) is 9.59 Å². The Morgan fingerprint density at radius 3 is 2.52 bits per heavy atom. The van der Waals surface area contributed by atoms with Gasteiger partial charge in [-0.2, -0.15) is 5.10 Å². The molecule has 0 aliphatic carbocycles. The minimum absolute atomic E-state index is 0.0239. The molecule has 2 N–H and O–H groups in total. The van der Waals surface area contributed by atoms with Crippen molar-refractivity contribution in [1.29, 1.82) is 0 Å². The quantitative estimate of drug-likeness (QED) is 0.492. The molecule has 33 heavy (non-hydrogen) atoms. The maximum Gasteiger partial charge on any atom is 0.254 e. The van der Waals surface area contributed by atoms with Crippen molar-refractivity contribution < 1.29 is 9.59 Å². The summed E-state index contributed by atoms with van der Waals surface area (Å²) in [4.78, 5) is 32.0. The van der Waals surface area contributed by atoms with Gasteiger partial charge in [0.15, 0.2) is 5.82 Å². The zero-order chi connectivity index (χ0) is 22.8. The first-order valence-electron chi connectivity index (χ1n) is 11.1. The van der Waals surface area contributed by atoms with Crippen molar-refractivity contribution >= 4 is 28.4 Å². The van der Waals surface area contributed by atoms with Crippen LogP contribution in [0.1, 0.15) is 28.8 Å². The number of amides is 2. The summed E-state index contributed by atoms with van der Waals surface area (Å²) in [7, 11) is 0. The van der Waals surface area contributed by atoms with E-state index >= 15 is 0 Å². The molecule has 0 spiro atoms. The second kappa shape index (κ2) is 8.86. The molecular weight excluding hydrogens is 414 g/mol. The summed E-state index contributed by atoms with van der Waals surface area (Å²) < 4.78 is 0. The fraction of sp³-hybridized carbons (Fsp3) is 0.231. The highest BCUT2D eigenvalue weighted by Gasteiger charge is 2.29. The molecule has 7 heteroatoms. The number of rotatable bonds is 4. The summed E-state index contributed by atoms with van der Waals surface area (Å²) in [5, 5.41) is 12.3. The van der Waals surface area contributed by atoms with Gasteiger partial charge in [0.2, 0.25) is 5.91 Å². The Morgan fingerprint density at radius 1 is 1.00 bits per heavy atom. The van der Waals surface area contributed by atoms with Gasteiger partial charge < -0.3 is 10.2 Å². The van der Waals surface area contributed by atoms with Crippen molar-refractivity contribution in [3.05, 3.63) is 78.1 Å². The molecule has 166 valence electrons. The van der Waals surface area contributed by atoms with Crippen LogP contribution in [-0.4, -0.2) is 45.0 Å². The zero-order valence-corrected chi connectivity index (χ0v) is 18.4. The van der Waals surface area contributed by atoms with Gasteiger partial charge in [0.05, 0.1) is 5.69 Å². The second-order valence-corrected chi connectivity index (χ2v) is 8.39. The molecule has 2 amide bonds. The highest BCUT2D eigenvalue weighted by Crippen LogP contribution is 2.27. The van der Waals surface area contributed by atoms with E-state index in [1.807, 2.05) is 66.4 Å². The van der Waals surface area contributed by atoms with Gasteiger partial charge in [-0.15, -0.1) is 0 Å². The van der Waals surface area contributed by atoms with Crippen LogP contribution < -0.4 is 5.32 Å². The summed E-state index contributed by atoms with van der Waals surface area (Å²) in [5.41, 5.74) is 3.43. The molecule has 1 fully saturated rings. The summed E-state index contributed by atoms with van der Waals surface area (Å²) in [5.74, 6) is 0.363. The number of pyridine rings is 1. The maximum absolute atomic E-state index is 13.2. The molecule has 3 heterocycles. The molecule has 0 atom stereocenters. The number of aromatic nitrogens is 3. The topological polar surface area (TPSA) is 91.0 Å². The standard InChI is InChI=1S/C26H25N5O2/c1-17-23(19-9-13-27-14-10-19)29-30-24(17)28-25(32)20-11-15-31(16-12-20)26(33)22-8-4-6-18-5-2-3-7-21(18)22/h2-10,13-14,20H,11-12,15-16H2,1H3,(H2,28,29,30,32). The largest absolute Gasteiger partial charge is 0.339 e. The third-order valence-electron chi connectivity index (χ3n) is 6.39. The van der Waals surface area contributed by atoms with Crippen LogP contribution >= 0.6 is 0 Å². The lowest BCUT2D eigenvalue weighted by Gasteiger charge is -2.31. The average molecular weight is 440 g/mol. The van der Waals surface area contributed by atoms with Crippen molar-refractivity contribution in [2.24, 2.45) is 5.92 Å². The molecule has 5 rings (SSSR count). The number of nitrogens with zero attached hydrogens (tertiary/aromatic N) is 3. The molecule has 0 radical (unpaired) electrons. The number of likely N-dealkylation sites (tertiary alicyclic amines) is 1. The Hall–Kier alpha value is -4.00. The van der Waals surface area contributed by atoms with Gasteiger partial charge in [0.25, 0.3) is 5.91 Å². The lowest BCUT2D eigenvalue weighted by molar-refractivity contribution is -0.121. The van der Waals surface area contributed by atoms with Crippen LogP contribution in [-0.2, 0) is 4.79 Å². The van der Waals surface area contributed by atoms with Gasteiger partial charge in [0, 0.05) is 48.1 Å². The van der Waals surface area contributed by atoms with Crippen LogP contribution in [0.5, 0.6) is 0 Å². The molecule has 1 aliphatic heterocycles. The average Bonchev–Trinajstić information content (AvgIpc) is 3.23. The minimum atomic E-state index is -0.151. The number of carbonyl (C=O) groups is 2. The fourth-order valence-electron chi connectivity index (χ4n) is 4.47. The number of carbonyl (C=O) groups excluding carboxylic acids is 2. The molecule has 1 saturated heterocycles. The monoisotopic (exact) mass is 439 g/mol. The van der Waals surface area contributed by atoms with Crippen LogP contribution in [0.25, 0.3) is 22.0 Å². The molecule has 0 bridgehead atoms. The van der Waals surface area contributed by atoms with Crippen molar-refractivity contribution in [3.8, 4) is 11.3 Å². The van der Waals surface area contributed by atoms with Crippen LogP contribution in [0, 0.1) is 12.8 Å². The first-order valence-corrected chi connectivity index (χ1v) is 11.1. The smallest absolute Gasteiger partial charge is 0.254 e. The molecule has 4 aromatic rings. The fourth-order valence-corrected chi connectivity index (χ4v) is 4.47. The van der Waals surface area contributed by atoms with E-state index in [1.165, 1.54) is 0 Å². The van der Waals surface area contributed by atoms with E-state index in [2.05, 4.69) is 20.5 Å². The summed E-state index contributed by atoms with van der Waals surface area (Å²) in [6, 6.07) is 17.5. The number of piperidine rings is 1. The molecule has 0 saturated carbocycles. The SMILES string of the molecule is Cc1c(NC(=O)C2CCN(C(=O)c3cccc4ccccc34)CC2)n[nH]c1-c1ccncc1. The van der Waals surface area contributed by atoms with Gasteiger partial charge in [-0.25, -0.2) is 0 Å². The number of benzene rings is 2. The number of hydrogen-bond donors (Lipinski definition) is 2. The highest BCUT2D eigenvalue weighted by molar-refractivity contribution is 6.07.